The van der Waals surface area contributed by atoms with E-state index in [0.717, 1.165) is 44.3 Å². The molecule has 3 atom stereocenters. The largest absolute Gasteiger partial charge is 0.494 e. The molecule has 0 radical (unpaired) electrons. The van der Waals surface area contributed by atoms with Crippen molar-refractivity contribution in [1.82, 2.24) is 9.62 Å². The van der Waals surface area contributed by atoms with Gasteiger partial charge in [-0.3, -0.25) is 9.45 Å². The molecule has 2 fully saturated rings. The summed E-state index contributed by atoms with van der Waals surface area (Å²) in [4.78, 5) is 2.65. The molecule has 2 aromatic rings. The minimum absolute atomic E-state index is 0.241. The van der Waals surface area contributed by atoms with Gasteiger partial charge in [0.05, 0.1) is 6.61 Å². The van der Waals surface area contributed by atoms with Crippen LogP contribution in [0.3, 0.4) is 0 Å². The summed E-state index contributed by atoms with van der Waals surface area (Å²) in [5.74, 6) is 1.42. The van der Waals surface area contributed by atoms with Gasteiger partial charge in [-0.25, -0.2) is 8.93 Å². The normalized spacial score (nSPS) is 25.3. The van der Waals surface area contributed by atoms with Gasteiger partial charge < -0.3 is 4.74 Å². The molecule has 6 heteroatoms. The van der Waals surface area contributed by atoms with Crippen molar-refractivity contribution >= 4 is 11.3 Å². The van der Waals surface area contributed by atoms with Crippen molar-refractivity contribution in [3.05, 3.63) is 65.2 Å². The summed E-state index contributed by atoms with van der Waals surface area (Å²) in [6.07, 6.45) is 7.22. The van der Waals surface area contributed by atoms with Crippen LogP contribution in [-0.4, -0.2) is 44.9 Å². The molecule has 0 amide bonds. The van der Waals surface area contributed by atoms with Gasteiger partial charge in [-0.1, -0.05) is 36.4 Å². The number of nitrogens with zero attached hydrogens (tertiary/aromatic N) is 1. The molecule has 2 aliphatic carbocycles. The Morgan fingerprint density at radius 1 is 1.13 bits per heavy atom. The number of hydrogen-bond donors (Lipinski definition) is 2. The van der Waals surface area contributed by atoms with Crippen molar-refractivity contribution in [2.24, 2.45) is 0 Å². The van der Waals surface area contributed by atoms with Crippen LogP contribution in [0.2, 0.25) is 0 Å². The third kappa shape index (κ3) is 4.58. The van der Waals surface area contributed by atoms with Crippen LogP contribution in [0.15, 0.2) is 48.5 Å². The van der Waals surface area contributed by atoms with Crippen molar-refractivity contribution < 1.29 is 13.5 Å². The molecule has 2 aromatic carbocycles. The van der Waals surface area contributed by atoms with Crippen molar-refractivity contribution in [3.8, 4) is 5.75 Å². The lowest BCUT2D eigenvalue weighted by Crippen LogP contribution is -2.52. The van der Waals surface area contributed by atoms with Crippen molar-refractivity contribution in [3.63, 3.8) is 0 Å². The first kappa shape index (κ1) is 21.1. The highest BCUT2D eigenvalue weighted by atomic mass is 32.2. The molecule has 5 rings (SSSR count). The fourth-order valence-electron chi connectivity index (χ4n) is 5.49. The summed E-state index contributed by atoms with van der Waals surface area (Å²) in [7, 11) is 0. The highest BCUT2D eigenvalue weighted by Gasteiger charge is 2.39. The minimum Gasteiger partial charge on any atom is -0.494 e. The number of nitrogens with one attached hydrogen (secondary N) is 1. The highest BCUT2D eigenvalue weighted by Crippen LogP contribution is 2.42. The van der Waals surface area contributed by atoms with Crippen LogP contribution < -0.4 is 9.46 Å². The van der Waals surface area contributed by atoms with Crippen LogP contribution in [0, 0.1) is 0 Å². The van der Waals surface area contributed by atoms with Crippen LogP contribution in [0.25, 0.3) is 0 Å². The van der Waals surface area contributed by atoms with Gasteiger partial charge in [0.25, 0.3) is 0 Å². The standard InChI is InChI=1S/C25H32N2O3S/c28-31(29)26-25(10-4-11-25)12-15-30-21-9-8-20-17-24(27-13-5-14-27)23(22(20)18-21)16-19-6-2-1-3-7-19/h1-3,6-9,18,23-24,26H,4-5,10-17H2,(H,28,29). The Bertz CT molecular complexity index is 928. The summed E-state index contributed by atoms with van der Waals surface area (Å²) >= 11 is -1.97. The smallest absolute Gasteiger partial charge is 0.232 e. The molecule has 1 saturated heterocycles. The lowest BCUT2D eigenvalue weighted by atomic mass is 9.75. The van der Waals surface area contributed by atoms with Crippen molar-refractivity contribution in [1.29, 1.82) is 0 Å². The minimum atomic E-state index is -1.97. The van der Waals surface area contributed by atoms with Gasteiger partial charge in [0, 0.05) is 23.9 Å². The van der Waals surface area contributed by atoms with Gasteiger partial charge in [0.2, 0.25) is 11.3 Å². The number of ether oxygens (including phenoxy) is 1. The molecule has 31 heavy (non-hydrogen) atoms. The van der Waals surface area contributed by atoms with Gasteiger partial charge in [0.15, 0.2) is 0 Å². The molecule has 1 heterocycles. The number of rotatable bonds is 9. The van der Waals surface area contributed by atoms with Crippen LogP contribution in [-0.2, 0) is 24.1 Å². The summed E-state index contributed by atoms with van der Waals surface area (Å²) in [6, 6.07) is 18.0. The average molecular weight is 441 g/mol. The molecule has 5 nitrogen and oxygen atoms in total. The fourth-order valence-corrected chi connectivity index (χ4v) is 6.17. The van der Waals surface area contributed by atoms with Gasteiger partial charge >= 0.3 is 0 Å². The lowest BCUT2D eigenvalue weighted by Gasteiger charge is -2.41. The van der Waals surface area contributed by atoms with E-state index in [1.54, 1.807) is 0 Å². The zero-order valence-electron chi connectivity index (χ0n) is 18.0. The van der Waals surface area contributed by atoms with E-state index in [0.29, 0.717) is 18.6 Å². The maximum absolute atomic E-state index is 11.2. The van der Waals surface area contributed by atoms with E-state index in [4.69, 9.17) is 4.74 Å². The Kier molecular flexibility index (Phi) is 6.15. The predicted octanol–water partition coefficient (Wildman–Crippen LogP) is 4.06. The molecular weight excluding hydrogens is 408 g/mol. The second-order valence-corrected chi connectivity index (χ2v) is 10.1. The predicted molar refractivity (Wildman–Crippen MR) is 124 cm³/mol. The van der Waals surface area contributed by atoms with Crippen LogP contribution in [0.4, 0.5) is 0 Å². The second kappa shape index (κ2) is 9.02. The number of hydrogen-bond acceptors (Lipinski definition) is 3. The van der Waals surface area contributed by atoms with Gasteiger partial charge in [0.1, 0.15) is 5.75 Å². The molecular formula is C25H32N2O3S. The monoisotopic (exact) mass is 440 g/mol. The molecule has 1 aliphatic heterocycles. The molecule has 2 N–H and O–H groups in total. The third-order valence-electron chi connectivity index (χ3n) is 7.53. The Labute approximate surface area is 187 Å². The maximum atomic E-state index is 11.2. The molecule has 1 saturated carbocycles. The van der Waals surface area contributed by atoms with E-state index in [-0.39, 0.29) is 5.54 Å². The maximum Gasteiger partial charge on any atom is 0.232 e. The van der Waals surface area contributed by atoms with E-state index in [2.05, 4.69) is 58.2 Å². The topological polar surface area (TPSA) is 61.8 Å². The number of likely N-dealkylation sites (tertiary alicyclic amines) is 1. The summed E-state index contributed by atoms with van der Waals surface area (Å²) < 4.78 is 29.4. The Balaban J connectivity index is 1.29. The summed E-state index contributed by atoms with van der Waals surface area (Å²) in [6.45, 7) is 2.99. The summed E-state index contributed by atoms with van der Waals surface area (Å²) in [5.41, 5.74) is 4.05. The van der Waals surface area contributed by atoms with Crippen LogP contribution in [0.5, 0.6) is 5.75 Å². The first-order valence-electron chi connectivity index (χ1n) is 11.5. The van der Waals surface area contributed by atoms with Crippen LogP contribution >= 0.6 is 0 Å². The lowest BCUT2D eigenvalue weighted by molar-refractivity contribution is 0.106. The van der Waals surface area contributed by atoms with E-state index >= 15 is 0 Å². The van der Waals surface area contributed by atoms with Gasteiger partial charge in [-0.2, -0.15) is 0 Å². The number of benzene rings is 2. The van der Waals surface area contributed by atoms with Gasteiger partial charge in [-0.05, 0) is 80.4 Å². The van der Waals surface area contributed by atoms with E-state index in [9.17, 15) is 8.76 Å². The zero-order valence-corrected chi connectivity index (χ0v) is 18.8. The number of fused-ring (bicyclic) bond motifs is 1. The van der Waals surface area contributed by atoms with E-state index in [1.165, 1.54) is 36.2 Å². The highest BCUT2D eigenvalue weighted by molar-refractivity contribution is 7.77. The van der Waals surface area contributed by atoms with E-state index < -0.39 is 11.3 Å². The van der Waals surface area contributed by atoms with E-state index in [1.807, 2.05) is 0 Å². The van der Waals surface area contributed by atoms with Crippen molar-refractivity contribution in [2.75, 3.05) is 19.7 Å². The Hall–Kier alpha value is -1.73. The third-order valence-corrected chi connectivity index (χ3v) is 8.14. The zero-order chi connectivity index (χ0) is 21.3. The molecule has 166 valence electrons. The molecule has 0 bridgehead atoms. The molecule has 3 unspecified atom stereocenters. The van der Waals surface area contributed by atoms with Crippen LogP contribution in [0.1, 0.15) is 54.7 Å². The molecule has 0 spiro atoms. The Morgan fingerprint density at radius 3 is 2.58 bits per heavy atom. The van der Waals surface area contributed by atoms with Gasteiger partial charge in [-0.15, -0.1) is 0 Å². The SMILES string of the molecule is O=S(O)NC1(CCOc2ccc3c(c2)C(Cc2ccccc2)C(N2CCC2)C3)CCC1. The van der Waals surface area contributed by atoms with Crippen molar-refractivity contribution in [2.45, 2.75) is 62.4 Å². The Morgan fingerprint density at radius 2 is 1.94 bits per heavy atom. The fraction of sp³-hybridized carbons (Fsp3) is 0.520. The summed E-state index contributed by atoms with van der Waals surface area (Å²) in [5, 5.41) is 0. The average Bonchev–Trinajstić information content (AvgIpc) is 3.02. The first-order chi connectivity index (χ1) is 15.1. The molecule has 3 aliphatic rings. The first-order valence-corrected chi connectivity index (χ1v) is 12.6. The second-order valence-electron chi connectivity index (χ2n) is 9.40. The quantitative estimate of drug-likeness (QED) is 0.577. The molecule has 0 aromatic heterocycles.